The van der Waals surface area contributed by atoms with Crippen LogP contribution in [-0.2, 0) is 23.9 Å². The zero-order valence-electron chi connectivity index (χ0n) is 20.4. The van der Waals surface area contributed by atoms with Crippen molar-refractivity contribution >= 4 is 34.3 Å². The Bertz CT molecular complexity index is 1240. The van der Waals surface area contributed by atoms with Crippen molar-refractivity contribution in [2.24, 2.45) is 11.8 Å². The second-order valence-corrected chi connectivity index (χ2v) is 7.90. The van der Waals surface area contributed by atoms with Crippen molar-refractivity contribution in [1.29, 1.82) is 5.26 Å². The van der Waals surface area contributed by atoms with Crippen molar-refractivity contribution in [2.45, 2.75) is 19.8 Å². The lowest BCUT2D eigenvalue weighted by atomic mass is 9.75. The average Bonchev–Trinajstić information content (AvgIpc) is 2.89. The number of rotatable bonds is 10. The number of hydrogen-bond donors (Lipinski definition) is 1. The van der Waals surface area contributed by atoms with Crippen LogP contribution >= 0.6 is 0 Å². The number of methoxy groups -OCH3 is 1. The first-order valence-electron chi connectivity index (χ1n) is 11.6. The summed E-state index contributed by atoms with van der Waals surface area (Å²) in [5.74, 6) is -5.89. The summed E-state index contributed by atoms with van der Waals surface area (Å²) in [6, 6.07) is 21.3. The smallest absolute Gasteiger partial charge is 0.321 e. The van der Waals surface area contributed by atoms with Crippen molar-refractivity contribution in [3.05, 3.63) is 72.3 Å². The Morgan fingerprint density at radius 2 is 1.50 bits per heavy atom. The number of ether oxygens (including phenoxy) is 3. The molecule has 2 atom stereocenters. The van der Waals surface area contributed by atoms with Crippen molar-refractivity contribution in [3.63, 3.8) is 0 Å². The Morgan fingerprint density at radius 1 is 0.889 bits per heavy atom. The summed E-state index contributed by atoms with van der Waals surface area (Å²) in [7, 11) is 1.53. The van der Waals surface area contributed by atoms with Crippen molar-refractivity contribution in [2.75, 3.05) is 25.6 Å². The molecule has 8 heteroatoms. The molecule has 0 aliphatic carbocycles. The van der Waals surface area contributed by atoms with Crippen LogP contribution in [0.3, 0.4) is 0 Å². The minimum absolute atomic E-state index is 0.0201. The van der Waals surface area contributed by atoms with E-state index < -0.39 is 35.6 Å². The van der Waals surface area contributed by atoms with E-state index in [1.54, 1.807) is 50.2 Å². The fourth-order valence-electron chi connectivity index (χ4n) is 4.14. The SMILES string of the molecule is CCOC(=O)C(C(=O)OCC)C(c1cccc2ccccc12)C(C#N)C(=O)Nc1ccc(OC)cc1. The lowest BCUT2D eigenvalue weighted by molar-refractivity contribution is -0.163. The van der Waals surface area contributed by atoms with Gasteiger partial charge in [-0.2, -0.15) is 5.26 Å². The molecule has 0 bridgehead atoms. The highest BCUT2D eigenvalue weighted by Gasteiger charge is 2.46. The number of benzene rings is 3. The van der Waals surface area contributed by atoms with Gasteiger partial charge in [0, 0.05) is 11.6 Å². The van der Waals surface area contributed by atoms with Gasteiger partial charge in [0.1, 0.15) is 11.7 Å². The maximum absolute atomic E-state index is 13.4. The molecule has 0 aliphatic rings. The number of carbonyl (C=O) groups is 3. The molecule has 1 amide bonds. The Labute approximate surface area is 209 Å². The van der Waals surface area contributed by atoms with Crippen LogP contribution in [0.1, 0.15) is 25.3 Å². The summed E-state index contributed by atoms with van der Waals surface area (Å²) >= 11 is 0. The largest absolute Gasteiger partial charge is 0.497 e. The molecule has 3 aromatic rings. The molecule has 3 rings (SSSR count). The molecule has 186 valence electrons. The molecule has 0 aromatic heterocycles. The van der Waals surface area contributed by atoms with Crippen LogP contribution in [0.4, 0.5) is 5.69 Å². The van der Waals surface area contributed by atoms with E-state index in [-0.39, 0.29) is 13.2 Å². The molecule has 8 nitrogen and oxygen atoms in total. The van der Waals surface area contributed by atoms with E-state index in [2.05, 4.69) is 5.32 Å². The number of nitrogens with one attached hydrogen (secondary N) is 1. The third kappa shape index (κ3) is 5.81. The third-order valence-electron chi connectivity index (χ3n) is 5.76. The van der Waals surface area contributed by atoms with Crippen LogP contribution in [0.5, 0.6) is 5.75 Å². The average molecular weight is 489 g/mol. The number of fused-ring (bicyclic) bond motifs is 1. The molecule has 36 heavy (non-hydrogen) atoms. The number of nitriles is 1. The summed E-state index contributed by atoms with van der Waals surface area (Å²) in [6.07, 6.45) is 0. The van der Waals surface area contributed by atoms with Gasteiger partial charge in [0.05, 0.1) is 26.4 Å². The van der Waals surface area contributed by atoms with Gasteiger partial charge < -0.3 is 19.5 Å². The van der Waals surface area contributed by atoms with E-state index in [1.165, 1.54) is 7.11 Å². The van der Waals surface area contributed by atoms with Crippen molar-refractivity contribution < 1.29 is 28.6 Å². The van der Waals surface area contributed by atoms with E-state index >= 15 is 0 Å². The third-order valence-corrected chi connectivity index (χ3v) is 5.76. The standard InChI is InChI=1S/C28H28N2O6/c1-4-35-27(32)25(28(33)36-5-2)24(22-12-8-10-18-9-6-7-11-21(18)22)23(17-29)26(31)30-19-13-15-20(34-3)16-14-19/h6-16,23-25H,4-5H2,1-3H3,(H,30,31). The molecule has 2 unspecified atom stereocenters. The first-order valence-corrected chi connectivity index (χ1v) is 11.6. The van der Waals surface area contributed by atoms with Gasteiger partial charge in [0.15, 0.2) is 5.92 Å². The summed E-state index contributed by atoms with van der Waals surface area (Å²) in [5.41, 5.74) is 0.928. The van der Waals surface area contributed by atoms with Crippen LogP contribution < -0.4 is 10.1 Å². The van der Waals surface area contributed by atoms with E-state index in [0.29, 0.717) is 22.4 Å². The predicted octanol–water partition coefficient (Wildman–Crippen LogP) is 4.45. The second-order valence-electron chi connectivity index (χ2n) is 7.90. The van der Waals surface area contributed by atoms with Crippen LogP contribution in [0, 0.1) is 23.2 Å². The molecule has 0 radical (unpaired) electrons. The van der Waals surface area contributed by atoms with Crippen molar-refractivity contribution in [1.82, 2.24) is 0 Å². The maximum atomic E-state index is 13.4. The number of nitrogens with zero attached hydrogens (tertiary/aromatic N) is 1. The number of esters is 2. The van der Waals surface area contributed by atoms with Gasteiger partial charge in [-0.05, 0) is 54.4 Å². The van der Waals surface area contributed by atoms with Gasteiger partial charge in [-0.15, -0.1) is 0 Å². The van der Waals surface area contributed by atoms with Gasteiger partial charge in [0.25, 0.3) is 0 Å². The van der Waals surface area contributed by atoms with E-state index in [0.717, 1.165) is 5.39 Å². The molecule has 0 aliphatic heterocycles. The van der Waals surface area contributed by atoms with Gasteiger partial charge >= 0.3 is 11.9 Å². The molecule has 0 fully saturated rings. The number of amides is 1. The summed E-state index contributed by atoms with van der Waals surface area (Å²) in [5, 5.41) is 14.5. The molecule has 0 heterocycles. The van der Waals surface area contributed by atoms with Gasteiger partial charge in [-0.25, -0.2) is 0 Å². The lowest BCUT2D eigenvalue weighted by Gasteiger charge is -2.28. The Hall–Kier alpha value is -4.38. The van der Waals surface area contributed by atoms with Crippen LogP contribution in [-0.4, -0.2) is 38.2 Å². The first-order chi connectivity index (χ1) is 17.4. The fraction of sp³-hybridized carbons (Fsp3) is 0.286. The Balaban J connectivity index is 2.15. The summed E-state index contributed by atoms with van der Waals surface area (Å²) in [6.45, 7) is 3.27. The fourth-order valence-corrected chi connectivity index (χ4v) is 4.14. The van der Waals surface area contributed by atoms with E-state index in [4.69, 9.17) is 14.2 Å². The van der Waals surface area contributed by atoms with Crippen LogP contribution in [0.2, 0.25) is 0 Å². The van der Waals surface area contributed by atoms with Crippen LogP contribution in [0.25, 0.3) is 10.8 Å². The Morgan fingerprint density at radius 3 is 2.08 bits per heavy atom. The molecule has 1 N–H and O–H groups in total. The molecular formula is C28H28N2O6. The number of carbonyl (C=O) groups excluding carboxylic acids is 3. The number of anilines is 1. The molecular weight excluding hydrogens is 460 g/mol. The highest BCUT2D eigenvalue weighted by Crippen LogP contribution is 2.38. The highest BCUT2D eigenvalue weighted by molar-refractivity contribution is 6.01. The Kier molecular flexibility index (Phi) is 9.01. The van der Waals surface area contributed by atoms with Gasteiger partial charge in [-0.1, -0.05) is 42.5 Å². The highest BCUT2D eigenvalue weighted by atomic mass is 16.6. The molecule has 0 saturated heterocycles. The molecule has 3 aromatic carbocycles. The topological polar surface area (TPSA) is 115 Å². The minimum Gasteiger partial charge on any atom is -0.497 e. The second kappa shape index (κ2) is 12.4. The number of hydrogen-bond acceptors (Lipinski definition) is 7. The quantitative estimate of drug-likeness (QED) is 0.331. The normalized spacial score (nSPS) is 12.3. The van der Waals surface area contributed by atoms with Crippen molar-refractivity contribution in [3.8, 4) is 11.8 Å². The summed E-state index contributed by atoms with van der Waals surface area (Å²) in [4.78, 5) is 39.7. The minimum atomic E-state index is -1.53. The molecule has 0 saturated carbocycles. The summed E-state index contributed by atoms with van der Waals surface area (Å²) < 4.78 is 15.6. The monoisotopic (exact) mass is 488 g/mol. The van der Waals surface area contributed by atoms with Crippen LogP contribution in [0.15, 0.2) is 66.7 Å². The lowest BCUT2D eigenvalue weighted by Crippen LogP contribution is -2.40. The van der Waals surface area contributed by atoms with Gasteiger partial charge in [-0.3, -0.25) is 14.4 Å². The van der Waals surface area contributed by atoms with E-state index in [1.807, 2.05) is 36.4 Å². The zero-order chi connectivity index (χ0) is 26.1. The zero-order valence-corrected chi connectivity index (χ0v) is 20.4. The first kappa shape index (κ1) is 26.2. The van der Waals surface area contributed by atoms with Gasteiger partial charge in [0.2, 0.25) is 5.91 Å². The predicted molar refractivity (Wildman–Crippen MR) is 134 cm³/mol. The maximum Gasteiger partial charge on any atom is 0.321 e. The van der Waals surface area contributed by atoms with E-state index in [9.17, 15) is 19.6 Å². The molecule has 0 spiro atoms.